The summed E-state index contributed by atoms with van der Waals surface area (Å²) < 4.78 is 6.09. The third-order valence-corrected chi connectivity index (χ3v) is 5.17. The van der Waals surface area contributed by atoms with Crippen LogP contribution in [0.5, 0.6) is 5.75 Å². The predicted molar refractivity (Wildman–Crippen MR) is 123 cm³/mol. The Hall–Kier alpha value is -3.80. The fourth-order valence-electron chi connectivity index (χ4n) is 3.57. The molecule has 0 aromatic heterocycles. The molecule has 3 aromatic carbocycles. The zero-order valence-electron chi connectivity index (χ0n) is 17.1. The number of urea groups is 1. The number of carbonyl (C=O) groups is 2. The lowest BCUT2D eigenvalue weighted by atomic mass is 10.2. The highest BCUT2D eigenvalue weighted by molar-refractivity contribution is 6.05. The SMILES string of the molecule is O=C(Nc1ccccc1)Nc1ccc(C(=O)Nc2ccccc2OC2CCCC2)cc1. The number of hydrogen-bond donors (Lipinski definition) is 3. The second kappa shape index (κ2) is 9.80. The number of rotatable bonds is 6. The van der Waals surface area contributed by atoms with Gasteiger partial charge in [-0.1, -0.05) is 30.3 Å². The van der Waals surface area contributed by atoms with Crippen molar-refractivity contribution in [2.45, 2.75) is 31.8 Å². The largest absolute Gasteiger partial charge is 0.488 e. The van der Waals surface area contributed by atoms with Gasteiger partial charge in [-0.25, -0.2) is 4.79 Å². The second-order valence-electron chi connectivity index (χ2n) is 7.50. The Labute approximate surface area is 181 Å². The number of carbonyl (C=O) groups excluding carboxylic acids is 2. The molecule has 0 saturated heterocycles. The maximum absolute atomic E-state index is 12.7. The van der Waals surface area contributed by atoms with Gasteiger partial charge in [-0.3, -0.25) is 4.79 Å². The fraction of sp³-hybridized carbons (Fsp3) is 0.200. The number of benzene rings is 3. The molecule has 3 amide bonds. The number of ether oxygens (including phenoxy) is 1. The molecule has 1 saturated carbocycles. The van der Waals surface area contributed by atoms with Crippen LogP contribution in [0.3, 0.4) is 0 Å². The quantitative estimate of drug-likeness (QED) is 0.469. The number of nitrogens with one attached hydrogen (secondary N) is 3. The van der Waals surface area contributed by atoms with E-state index in [-0.39, 0.29) is 18.0 Å². The third kappa shape index (κ3) is 5.63. The molecule has 6 heteroatoms. The first-order valence-electron chi connectivity index (χ1n) is 10.5. The van der Waals surface area contributed by atoms with Crippen LogP contribution in [-0.4, -0.2) is 18.0 Å². The number of para-hydroxylation sites is 3. The molecule has 0 bridgehead atoms. The van der Waals surface area contributed by atoms with Gasteiger partial charge in [0.1, 0.15) is 5.75 Å². The van der Waals surface area contributed by atoms with E-state index in [1.165, 1.54) is 12.8 Å². The molecule has 0 spiro atoms. The van der Waals surface area contributed by atoms with Crippen molar-refractivity contribution in [1.82, 2.24) is 0 Å². The molecule has 0 heterocycles. The lowest BCUT2D eigenvalue weighted by Gasteiger charge is -2.17. The van der Waals surface area contributed by atoms with Gasteiger partial charge in [0.2, 0.25) is 0 Å². The van der Waals surface area contributed by atoms with Crippen LogP contribution in [0.25, 0.3) is 0 Å². The number of anilines is 3. The first kappa shape index (κ1) is 20.5. The van der Waals surface area contributed by atoms with Gasteiger partial charge in [0.05, 0.1) is 11.8 Å². The molecule has 0 radical (unpaired) electrons. The Balaban J connectivity index is 1.36. The summed E-state index contributed by atoms with van der Waals surface area (Å²) in [5.41, 5.74) is 2.44. The van der Waals surface area contributed by atoms with Gasteiger partial charge in [0.25, 0.3) is 5.91 Å². The molecule has 3 aromatic rings. The van der Waals surface area contributed by atoms with E-state index >= 15 is 0 Å². The summed E-state index contributed by atoms with van der Waals surface area (Å²) in [5.74, 6) is 0.460. The molecule has 1 fully saturated rings. The Morgan fingerprint density at radius 1 is 0.710 bits per heavy atom. The monoisotopic (exact) mass is 415 g/mol. The van der Waals surface area contributed by atoms with Crippen LogP contribution in [0.4, 0.5) is 21.9 Å². The summed E-state index contributed by atoms with van der Waals surface area (Å²) in [6, 6.07) is 23.1. The minimum atomic E-state index is -0.346. The van der Waals surface area contributed by atoms with Crippen LogP contribution in [0.2, 0.25) is 0 Å². The highest BCUT2D eigenvalue weighted by Gasteiger charge is 2.18. The first-order valence-corrected chi connectivity index (χ1v) is 10.5. The van der Waals surface area contributed by atoms with Crippen molar-refractivity contribution in [3.8, 4) is 5.75 Å². The van der Waals surface area contributed by atoms with Gasteiger partial charge in [-0.05, 0) is 74.2 Å². The van der Waals surface area contributed by atoms with Crippen LogP contribution in [0, 0.1) is 0 Å². The van der Waals surface area contributed by atoms with E-state index in [0.29, 0.717) is 28.4 Å². The van der Waals surface area contributed by atoms with Gasteiger partial charge >= 0.3 is 6.03 Å². The molecule has 4 rings (SSSR count). The summed E-state index contributed by atoms with van der Waals surface area (Å²) in [6.07, 6.45) is 4.68. The van der Waals surface area contributed by atoms with Crippen molar-refractivity contribution in [3.05, 3.63) is 84.4 Å². The zero-order chi connectivity index (χ0) is 21.5. The molecule has 1 aliphatic carbocycles. The van der Waals surface area contributed by atoms with Crippen molar-refractivity contribution >= 4 is 29.0 Å². The summed E-state index contributed by atoms with van der Waals surface area (Å²) >= 11 is 0. The van der Waals surface area contributed by atoms with E-state index in [9.17, 15) is 9.59 Å². The number of hydrogen-bond acceptors (Lipinski definition) is 3. The second-order valence-corrected chi connectivity index (χ2v) is 7.50. The Kier molecular flexibility index (Phi) is 6.47. The molecule has 3 N–H and O–H groups in total. The lowest BCUT2D eigenvalue weighted by Crippen LogP contribution is -2.19. The Bertz CT molecular complexity index is 1030. The normalized spacial score (nSPS) is 13.4. The van der Waals surface area contributed by atoms with Crippen molar-refractivity contribution in [2.75, 3.05) is 16.0 Å². The van der Waals surface area contributed by atoms with Gasteiger partial charge in [0.15, 0.2) is 0 Å². The smallest absolute Gasteiger partial charge is 0.323 e. The zero-order valence-corrected chi connectivity index (χ0v) is 17.1. The standard InChI is InChI=1S/C25H25N3O3/c29-24(28-22-12-6-7-13-23(22)31-21-10-4-5-11-21)18-14-16-20(17-15-18)27-25(30)26-19-8-2-1-3-9-19/h1-3,6-9,12-17,21H,4-5,10-11H2,(H,28,29)(H2,26,27,30). The van der Waals surface area contributed by atoms with E-state index in [4.69, 9.17) is 4.74 Å². The van der Waals surface area contributed by atoms with E-state index in [2.05, 4.69) is 16.0 Å². The highest BCUT2D eigenvalue weighted by atomic mass is 16.5. The number of amides is 3. The molecule has 0 aliphatic heterocycles. The lowest BCUT2D eigenvalue weighted by molar-refractivity contribution is 0.102. The van der Waals surface area contributed by atoms with E-state index < -0.39 is 0 Å². The van der Waals surface area contributed by atoms with Crippen molar-refractivity contribution in [2.24, 2.45) is 0 Å². The Morgan fingerprint density at radius 2 is 1.32 bits per heavy atom. The molecule has 0 atom stereocenters. The van der Waals surface area contributed by atoms with E-state index in [1.807, 2.05) is 42.5 Å². The van der Waals surface area contributed by atoms with Gasteiger partial charge in [-0.2, -0.15) is 0 Å². The van der Waals surface area contributed by atoms with Gasteiger partial charge < -0.3 is 20.7 Å². The molecular weight excluding hydrogens is 390 g/mol. The van der Waals surface area contributed by atoms with Crippen molar-refractivity contribution in [3.63, 3.8) is 0 Å². The first-order chi connectivity index (χ1) is 15.2. The molecule has 0 unspecified atom stereocenters. The van der Waals surface area contributed by atoms with Crippen LogP contribution in [0.1, 0.15) is 36.0 Å². The van der Waals surface area contributed by atoms with Crippen LogP contribution in [0.15, 0.2) is 78.9 Å². The van der Waals surface area contributed by atoms with Crippen molar-refractivity contribution < 1.29 is 14.3 Å². The van der Waals surface area contributed by atoms with Gasteiger partial charge in [0, 0.05) is 16.9 Å². The average Bonchev–Trinajstić information content (AvgIpc) is 3.29. The third-order valence-electron chi connectivity index (χ3n) is 5.17. The van der Waals surface area contributed by atoms with Crippen LogP contribution < -0.4 is 20.7 Å². The van der Waals surface area contributed by atoms with Crippen LogP contribution >= 0.6 is 0 Å². The summed E-state index contributed by atoms with van der Waals surface area (Å²) in [6.45, 7) is 0. The molecule has 1 aliphatic rings. The van der Waals surface area contributed by atoms with Crippen LogP contribution in [-0.2, 0) is 0 Å². The van der Waals surface area contributed by atoms with Crippen molar-refractivity contribution in [1.29, 1.82) is 0 Å². The Morgan fingerprint density at radius 3 is 2.03 bits per heavy atom. The summed E-state index contributed by atoms with van der Waals surface area (Å²) in [5, 5.41) is 8.44. The van der Waals surface area contributed by atoms with E-state index in [0.717, 1.165) is 12.8 Å². The van der Waals surface area contributed by atoms with Gasteiger partial charge in [-0.15, -0.1) is 0 Å². The minimum Gasteiger partial charge on any atom is -0.488 e. The predicted octanol–water partition coefficient (Wildman–Crippen LogP) is 5.90. The average molecular weight is 415 g/mol. The molecular formula is C25H25N3O3. The molecule has 31 heavy (non-hydrogen) atoms. The topological polar surface area (TPSA) is 79.5 Å². The minimum absolute atomic E-state index is 0.213. The maximum atomic E-state index is 12.7. The fourth-order valence-corrected chi connectivity index (χ4v) is 3.57. The highest BCUT2D eigenvalue weighted by Crippen LogP contribution is 2.30. The molecule has 6 nitrogen and oxygen atoms in total. The maximum Gasteiger partial charge on any atom is 0.323 e. The molecule has 158 valence electrons. The summed E-state index contributed by atoms with van der Waals surface area (Å²) in [7, 11) is 0. The van der Waals surface area contributed by atoms with E-state index in [1.54, 1.807) is 36.4 Å². The summed E-state index contributed by atoms with van der Waals surface area (Å²) in [4.78, 5) is 24.8.